The summed E-state index contributed by atoms with van der Waals surface area (Å²) < 4.78 is 10.7. The normalized spacial score (nSPS) is 18.0. The van der Waals surface area contributed by atoms with Gasteiger partial charge in [-0.3, -0.25) is 4.79 Å². The standard InChI is InChI=1S/C22H34N4O3.HI/c1-3-23-22(26-11-9-18(10-12-26)21(27)29-4-2)24-17-19-7-5-6-8-20(19)25-13-15-28-16-14-25;/h5-8,18H,3-4,9-17H2,1-2H3,(H,23,24);1H. The third-order valence-corrected chi connectivity index (χ3v) is 5.49. The summed E-state index contributed by atoms with van der Waals surface area (Å²) in [6.45, 7) is 10.9. The summed E-state index contributed by atoms with van der Waals surface area (Å²) >= 11 is 0. The Kier molecular flexibility index (Phi) is 10.7. The molecule has 2 fully saturated rings. The fourth-order valence-electron chi connectivity index (χ4n) is 3.93. The predicted molar refractivity (Wildman–Crippen MR) is 131 cm³/mol. The van der Waals surface area contributed by atoms with Gasteiger partial charge in [-0.1, -0.05) is 18.2 Å². The molecular weight excluding hydrogens is 495 g/mol. The molecule has 0 atom stereocenters. The van der Waals surface area contributed by atoms with Gasteiger partial charge in [0.05, 0.1) is 32.3 Å². The minimum atomic E-state index is -0.0615. The fraction of sp³-hybridized carbons (Fsp3) is 0.636. The Hall–Kier alpha value is -1.55. The molecule has 0 unspecified atom stereocenters. The molecule has 168 valence electrons. The first-order valence-corrected chi connectivity index (χ1v) is 10.8. The zero-order chi connectivity index (χ0) is 20.5. The third kappa shape index (κ3) is 6.73. The number of rotatable bonds is 6. The average molecular weight is 530 g/mol. The van der Waals surface area contributed by atoms with Crippen molar-refractivity contribution in [3.63, 3.8) is 0 Å². The molecular formula is C22H35IN4O3. The van der Waals surface area contributed by atoms with Gasteiger partial charge < -0.3 is 24.6 Å². The lowest BCUT2D eigenvalue weighted by molar-refractivity contribution is -0.149. The predicted octanol–water partition coefficient (Wildman–Crippen LogP) is 2.88. The fourth-order valence-corrected chi connectivity index (χ4v) is 3.93. The molecule has 2 aliphatic heterocycles. The lowest BCUT2D eigenvalue weighted by atomic mass is 9.97. The van der Waals surface area contributed by atoms with Crippen LogP contribution in [0.15, 0.2) is 29.3 Å². The van der Waals surface area contributed by atoms with E-state index >= 15 is 0 Å². The zero-order valence-electron chi connectivity index (χ0n) is 18.1. The van der Waals surface area contributed by atoms with Crippen molar-refractivity contribution in [3.05, 3.63) is 29.8 Å². The molecule has 2 heterocycles. The van der Waals surface area contributed by atoms with Crippen LogP contribution in [-0.4, -0.2) is 69.4 Å². The van der Waals surface area contributed by atoms with Gasteiger partial charge in [-0.2, -0.15) is 0 Å². The van der Waals surface area contributed by atoms with Gasteiger partial charge in [0.25, 0.3) is 0 Å². The summed E-state index contributed by atoms with van der Waals surface area (Å²) in [7, 11) is 0. The van der Waals surface area contributed by atoms with Gasteiger partial charge in [0, 0.05) is 38.4 Å². The van der Waals surface area contributed by atoms with E-state index in [1.165, 1.54) is 11.3 Å². The number of piperidine rings is 1. The van der Waals surface area contributed by atoms with E-state index < -0.39 is 0 Å². The zero-order valence-corrected chi connectivity index (χ0v) is 20.5. The minimum Gasteiger partial charge on any atom is -0.466 e. The van der Waals surface area contributed by atoms with Gasteiger partial charge in [0.15, 0.2) is 5.96 Å². The van der Waals surface area contributed by atoms with Crippen molar-refractivity contribution >= 4 is 41.6 Å². The van der Waals surface area contributed by atoms with Crippen LogP contribution < -0.4 is 10.2 Å². The highest BCUT2D eigenvalue weighted by Gasteiger charge is 2.27. The third-order valence-electron chi connectivity index (χ3n) is 5.49. The Balaban J connectivity index is 0.00000320. The maximum atomic E-state index is 12.0. The SMILES string of the molecule is CCNC(=NCc1ccccc1N1CCOCC1)N1CCC(C(=O)OCC)CC1.I. The van der Waals surface area contributed by atoms with Crippen molar-refractivity contribution < 1.29 is 14.3 Å². The topological polar surface area (TPSA) is 66.4 Å². The highest BCUT2D eigenvalue weighted by molar-refractivity contribution is 14.0. The molecule has 1 N–H and O–H groups in total. The van der Waals surface area contributed by atoms with E-state index in [1.54, 1.807) is 0 Å². The largest absolute Gasteiger partial charge is 0.466 e. The van der Waals surface area contributed by atoms with E-state index in [0.29, 0.717) is 13.2 Å². The number of nitrogens with one attached hydrogen (secondary N) is 1. The summed E-state index contributed by atoms with van der Waals surface area (Å²) in [6.07, 6.45) is 1.63. The van der Waals surface area contributed by atoms with Crippen molar-refractivity contribution in [1.82, 2.24) is 10.2 Å². The van der Waals surface area contributed by atoms with Crippen LogP contribution in [0.25, 0.3) is 0 Å². The first-order chi connectivity index (χ1) is 14.2. The van der Waals surface area contributed by atoms with E-state index in [9.17, 15) is 4.79 Å². The van der Waals surface area contributed by atoms with E-state index in [4.69, 9.17) is 14.5 Å². The van der Waals surface area contributed by atoms with Crippen molar-refractivity contribution in [1.29, 1.82) is 0 Å². The van der Waals surface area contributed by atoms with Crippen LogP contribution in [-0.2, 0) is 20.8 Å². The molecule has 2 aliphatic rings. The summed E-state index contributed by atoms with van der Waals surface area (Å²) in [6, 6.07) is 8.49. The second-order valence-corrected chi connectivity index (χ2v) is 7.41. The Morgan fingerprint density at radius 1 is 1.17 bits per heavy atom. The number of guanidine groups is 1. The van der Waals surface area contributed by atoms with Crippen LogP contribution in [0.4, 0.5) is 5.69 Å². The van der Waals surface area contributed by atoms with Gasteiger partial charge in [0.2, 0.25) is 0 Å². The van der Waals surface area contributed by atoms with Crippen LogP contribution in [0, 0.1) is 5.92 Å². The smallest absolute Gasteiger partial charge is 0.309 e. The number of nitrogens with zero attached hydrogens (tertiary/aromatic N) is 3. The Bertz CT molecular complexity index is 687. The van der Waals surface area contributed by atoms with E-state index in [2.05, 4.69) is 46.3 Å². The van der Waals surface area contributed by atoms with Gasteiger partial charge in [0.1, 0.15) is 0 Å². The Labute approximate surface area is 197 Å². The first-order valence-electron chi connectivity index (χ1n) is 10.8. The number of likely N-dealkylation sites (tertiary alicyclic amines) is 1. The number of para-hydroxylation sites is 1. The highest BCUT2D eigenvalue weighted by Crippen LogP contribution is 2.23. The van der Waals surface area contributed by atoms with Crippen molar-refractivity contribution in [3.8, 4) is 0 Å². The monoisotopic (exact) mass is 530 g/mol. The van der Waals surface area contributed by atoms with Gasteiger partial charge in [-0.05, 0) is 38.3 Å². The quantitative estimate of drug-likeness (QED) is 0.264. The van der Waals surface area contributed by atoms with E-state index in [-0.39, 0.29) is 35.9 Å². The number of morpholine rings is 1. The molecule has 3 rings (SSSR count). The summed E-state index contributed by atoms with van der Waals surface area (Å²) in [4.78, 5) is 21.6. The molecule has 0 spiro atoms. The number of ether oxygens (including phenoxy) is 2. The van der Waals surface area contributed by atoms with Crippen LogP contribution in [0.2, 0.25) is 0 Å². The lowest BCUT2D eigenvalue weighted by Gasteiger charge is -2.33. The number of carbonyl (C=O) groups is 1. The molecule has 0 radical (unpaired) electrons. The number of esters is 1. The number of halogens is 1. The molecule has 0 aromatic heterocycles. The Morgan fingerprint density at radius 3 is 2.53 bits per heavy atom. The second kappa shape index (κ2) is 13.0. The molecule has 1 aromatic carbocycles. The Morgan fingerprint density at radius 2 is 1.87 bits per heavy atom. The highest BCUT2D eigenvalue weighted by atomic mass is 127. The first kappa shape index (κ1) is 24.7. The van der Waals surface area contributed by atoms with Crippen molar-refractivity contribution in [2.75, 3.05) is 57.4 Å². The molecule has 0 aliphatic carbocycles. The molecule has 0 amide bonds. The number of hydrogen-bond acceptors (Lipinski definition) is 5. The van der Waals surface area contributed by atoms with Crippen LogP contribution in [0.1, 0.15) is 32.3 Å². The maximum absolute atomic E-state index is 12.0. The summed E-state index contributed by atoms with van der Waals surface area (Å²) in [5.41, 5.74) is 2.47. The van der Waals surface area contributed by atoms with Gasteiger partial charge in [-0.15, -0.1) is 24.0 Å². The number of benzene rings is 1. The molecule has 2 saturated heterocycles. The second-order valence-electron chi connectivity index (χ2n) is 7.41. The average Bonchev–Trinajstić information content (AvgIpc) is 2.78. The molecule has 1 aromatic rings. The number of anilines is 1. The van der Waals surface area contributed by atoms with E-state index in [0.717, 1.165) is 64.7 Å². The summed E-state index contributed by atoms with van der Waals surface area (Å²) in [5, 5.41) is 3.42. The van der Waals surface area contributed by atoms with Crippen molar-refractivity contribution in [2.24, 2.45) is 10.9 Å². The molecule has 0 saturated carbocycles. The van der Waals surface area contributed by atoms with E-state index in [1.807, 2.05) is 6.92 Å². The van der Waals surface area contributed by atoms with Crippen LogP contribution >= 0.6 is 24.0 Å². The lowest BCUT2D eigenvalue weighted by Crippen LogP contribution is -2.46. The number of carbonyl (C=O) groups excluding carboxylic acids is 1. The maximum Gasteiger partial charge on any atom is 0.309 e. The molecule has 0 bridgehead atoms. The molecule has 8 heteroatoms. The van der Waals surface area contributed by atoms with Gasteiger partial charge in [-0.25, -0.2) is 4.99 Å². The van der Waals surface area contributed by atoms with Crippen molar-refractivity contribution in [2.45, 2.75) is 33.2 Å². The number of aliphatic imine (C=N–C) groups is 1. The summed E-state index contributed by atoms with van der Waals surface area (Å²) in [5.74, 6) is 0.872. The minimum absolute atomic E-state index is 0. The van der Waals surface area contributed by atoms with Gasteiger partial charge >= 0.3 is 5.97 Å². The number of hydrogen-bond donors (Lipinski definition) is 1. The molecule has 7 nitrogen and oxygen atoms in total. The van der Waals surface area contributed by atoms with Crippen LogP contribution in [0.3, 0.4) is 0 Å². The molecule has 30 heavy (non-hydrogen) atoms. The van der Waals surface area contributed by atoms with Crippen LogP contribution in [0.5, 0.6) is 0 Å².